The summed E-state index contributed by atoms with van der Waals surface area (Å²) in [6.07, 6.45) is 0. The summed E-state index contributed by atoms with van der Waals surface area (Å²) in [5, 5.41) is 0. The van der Waals surface area contributed by atoms with Gasteiger partial charge in [0, 0.05) is 16.0 Å². The number of H-pyrrole nitrogens is 1. The lowest BCUT2D eigenvalue weighted by molar-refractivity contribution is 0.787. The number of hydrogen-bond donors (Lipinski definition) is 1. The molecule has 0 bridgehead atoms. The standard InChI is InChI=1S/C13H22N2OS/c1-8(2)11-9(3)14-10(15-12(11)16)7-17-13(4,5)6/h8H,7H2,1-6H3,(H,14,15,16). The minimum absolute atomic E-state index is 0.0111. The molecular formula is C13H22N2OS. The quantitative estimate of drug-likeness (QED) is 0.900. The van der Waals surface area contributed by atoms with Crippen molar-refractivity contribution in [3.8, 4) is 0 Å². The van der Waals surface area contributed by atoms with Gasteiger partial charge in [-0.15, -0.1) is 11.8 Å². The summed E-state index contributed by atoms with van der Waals surface area (Å²) in [4.78, 5) is 19.3. The van der Waals surface area contributed by atoms with Gasteiger partial charge < -0.3 is 4.98 Å². The second-order valence-electron chi connectivity index (χ2n) is 5.57. The molecule has 0 aliphatic heterocycles. The van der Waals surface area contributed by atoms with Gasteiger partial charge in [0.15, 0.2) is 0 Å². The van der Waals surface area contributed by atoms with Crippen LogP contribution in [0.15, 0.2) is 4.79 Å². The van der Waals surface area contributed by atoms with Crippen LogP contribution in [0.3, 0.4) is 0 Å². The highest BCUT2D eigenvalue weighted by Gasteiger charge is 2.14. The van der Waals surface area contributed by atoms with E-state index < -0.39 is 0 Å². The lowest BCUT2D eigenvalue weighted by Gasteiger charge is -2.17. The number of aromatic amines is 1. The molecule has 3 nitrogen and oxygen atoms in total. The monoisotopic (exact) mass is 254 g/mol. The van der Waals surface area contributed by atoms with Crippen LogP contribution < -0.4 is 5.56 Å². The molecule has 1 N–H and O–H groups in total. The molecule has 96 valence electrons. The van der Waals surface area contributed by atoms with Gasteiger partial charge >= 0.3 is 0 Å². The van der Waals surface area contributed by atoms with Gasteiger partial charge in [-0.1, -0.05) is 34.6 Å². The molecule has 0 unspecified atom stereocenters. The maximum atomic E-state index is 11.9. The third-order valence-corrected chi connectivity index (χ3v) is 3.70. The van der Waals surface area contributed by atoms with E-state index in [1.165, 1.54) is 0 Å². The minimum Gasteiger partial charge on any atom is -0.310 e. The molecule has 0 fully saturated rings. The minimum atomic E-state index is 0.0111. The molecular weight excluding hydrogens is 232 g/mol. The Morgan fingerprint density at radius 2 is 1.94 bits per heavy atom. The summed E-state index contributed by atoms with van der Waals surface area (Å²) in [5.74, 6) is 1.74. The van der Waals surface area contributed by atoms with E-state index in [1.54, 1.807) is 11.8 Å². The first-order valence-corrected chi connectivity index (χ1v) is 6.93. The Labute approximate surface area is 107 Å². The maximum Gasteiger partial charge on any atom is 0.254 e. The van der Waals surface area contributed by atoms with Gasteiger partial charge in [-0.3, -0.25) is 4.79 Å². The zero-order valence-electron chi connectivity index (χ0n) is 11.5. The first-order chi connectivity index (χ1) is 7.70. The van der Waals surface area contributed by atoms with Crippen molar-refractivity contribution in [2.45, 2.75) is 58.0 Å². The smallest absolute Gasteiger partial charge is 0.254 e. The van der Waals surface area contributed by atoms with Gasteiger partial charge in [-0.2, -0.15) is 0 Å². The average molecular weight is 254 g/mol. The summed E-state index contributed by atoms with van der Waals surface area (Å²) in [7, 11) is 0. The molecule has 0 spiro atoms. The highest BCUT2D eigenvalue weighted by Crippen LogP contribution is 2.26. The Bertz CT molecular complexity index is 444. The van der Waals surface area contributed by atoms with Crippen molar-refractivity contribution >= 4 is 11.8 Å². The molecule has 0 radical (unpaired) electrons. The summed E-state index contributed by atoms with van der Waals surface area (Å²) >= 11 is 1.79. The van der Waals surface area contributed by atoms with Crippen LogP contribution in [0.5, 0.6) is 0 Å². The molecule has 17 heavy (non-hydrogen) atoms. The van der Waals surface area contributed by atoms with Crippen LogP contribution >= 0.6 is 11.8 Å². The van der Waals surface area contributed by atoms with Crippen LogP contribution in [-0.4, -0.2) is 14.7 Å². The second-order valence-corrected chi connectivity index (χ2v) is 7.37. The van der Waals surface area contributed by atoms with Crippen molar-refractivity contribution in [2.75, 3.05) is 0 Å². The van der Waals surface area contributed by atoms with E-state index in [0.717, 1.165) is 22.8 Å². The number of thioether (sulfide) groups is 1. The third-order valence-electron chi connectivity index (χ3n) is 2.41. The number of hydrogen-bond acceptors (Lipinski definition) is 3. The van der Waals surface area contributed by atoms with Crippen molar-refractivity contribution in [3.63, 3.8) is 0 Å². The molecule has 0 amide bonds. The lowest BCUT2D eigenvalue weighted by atomic mass is 10.0. The van der Waals surface area contributed by atoms with E-state index in [0.29, 0.717) is 0 Å². The maximum absolute atomic E-state index is 11.9. The van der Waals surface area contributed by atoms with Crippen molar-refractivity contribution in [1.29, 1.82) is 0 Å². The fraction of sp³-hybridized carbons (Fsp3) is 0.692. The summed E-state index contributed by atoms with van der Waals surface area (Å²) in [6.45, 7) is 12.4. The normalized spacial score (nSPS) is 12.2. The molecule has 0 atom stereocenters. The number of nitrogens with one attached hydrogen (secondary N) is 1. The van der Waals surface area contributed by atoms with Crippen LogP contribution in [0.2, 0.25) is 0 Å². The van der Waals surface area contributed by atoms with Crippen molar-refractivity contribution in [1.82, 2.24) is 9.97 Å². The van der Waals surface area contributed by atoms with Gasteiger partial charge in [0.1, 0.15) is 5.82 Å². The average Bonchev–Trinajstić information content (AvgIpc) is 2.11. The predicted octanol–water partition coefficient (Wildman–Crippen LogP) is 3.23. The second kappa shape index (κ2) is 5.25. The highest BCUT2D eigenvalue weighted by molar-refractivity contribution is 7.99. The summed E-state index contributed by atoms with van der Waals surface area (Å²) in [5.41, 5.74) is 1.67. The number of rotatable bonds is 3. The van der Waals surface area contributed by atoms with Crippen molar-refractivity contribution < 1.29 is 0 Å². The van der Waals surface area contributed by atoms with Gasteiger partial charge in [0.2, 0.25) is 0 Å². The van der Waals surface area contributed by atoms with E-state index in [1.807, 2.05) is 20.8 Å². The van der Waals surface area contributed by atoms with Crippen LogP contribution in [-0.2, 0) is 5.75 Å². The first kappa shape index (κ1) is 14.3. The molecule has 0 saturated carbocycles. The van der Waals surface area contributed by atoms with Crippen LogP contribution in [0.25, 0.3) is 0 Å². The van der Waals surface area contributed by atoms with Gasteiger partial charge in [0.25, 0.3) is 5.56 Å². The molecule has 1 aromatic heterocycles. The van der Waals surface area contributed by atoms with E-state index in [9.17, 15) is 4.79 Å². The largest absolute Gasteiger partial charge is 0.310 e. The summed E-state index contributed by atoms with van der Waals surface area (Å²) < 4.78 is 0.184. The Hall–Kier alpha value is -0.770. The molecule has 0 aliphatic rings. The molecule has 4 heteroatoms. The van der Waals surface area contributed by atoms with Crippen LogP contribution in [0, 0.1) is 6.92 Å². The van der Waals surface area contributed by atoms with Crippen LogP contribution in [0.1, 0.15) is 57.6 Å². The Kier molecular flexibility index (Phi) is 4.42. The first-order valence-electron chi connectivity index (χ1n) is 5.94. The Balaban J connectivity index is 2.96. The Morgan fingerprint density at radius 3 is 2.35 bits per heavy atom. The highest BCUT2D eigenvalue weighted by atomic mass is 32.2. The lowest BCUT2D eigenvalue weighted by Crippen LogP contribution is -2.20. The SMILES string of the molecule is Cc1nc(CSC(C)(C)C)[nH]c(=O)c1C(C)C. The molecule has 0 aliphatic carbocycles. The molecule has 0 aromatic carbocycles. The van der Waals surface area contributed by atoms with Crippen molar-refractivity contribution in [3.05, 3.63) is 27.4 Å². The molecule has 1 heterocycles. The zero-order valence-corrected chi connectivity index (χ0v) is 12.4. The number of aromatic nitrogens is 2. The van der Waals surface area contributed by atoms with E-state index in [2.05, 4.69) is 30.7 Å². The van der Waals surface area contributed by atoms with E-state index >= 15 is 0 Å². The topological polar surface area (TPSA) is 45.8 Å². The fourth-order valence-corrected chi connectivity index (χ4v) is 2.39. The van der Waals surface area contributed by atoms with E-state index in [4.69, 9.17) is 0 Å². The molecule has 1 rings (SSSR count). The predicted molar refractivity (Wildman–Crippen MR) is 74.7 cm³/mol. The van der Waals surface area contributed by atoms with Crippen molar-refractivity contribution in [2.24, 2.45) is 0 Å². The number of nitrogens with zero attached hydrogens (tertiary/aromatic N) is 1. The fourth-order valence-electron chi connectivity index (χ4n) is 1.69. The number of aryl methyl sites for hydroxylation is 1. The van der Waals surface area contributed by atoms with Gasteiger partial charge in [-0.05, 0) is 12.8 Å². The molecule has 1 aromatic rings. The zero-order chi connectivity index (χ0) is 13.2. The van der Waals surface area contributed by atoms with Gasteiger partial charge in [0.05, 0.1) is 5.75 Å². The van der Waals surface area contributed by atoms with E-state index in [-0.39, 0.29) is 16.2 Å². The summed E-state index contributed by atoms with van der Waals surface area (Å²) in [6, 6.07) is 0. The third kappa shape index (κ3) is 4.19. The molecule has 0 saturated heterocycles. The Morgan fingerprint density at radius 1 is 1.35 bits per heavy atom. The van der Waals surface area contributed by atoms with Gasteiger partial charge in [-0.25, -0.2) is 4.98 Å². The van der Waals surface area contributed by atoms with Crippen LogP contribution in [0.4, 0.5) is 0 Å².